The summed E-state index contributed by atoms with van der Waals surface area (Å²) in [6, 6.07) is 4.85. The Morgan fingerprint density at radius 3 is 2.95 bits per heavy atom. The van der Waals surface area contributed by atoms with Crippen LogP contribution in [-0.2, 0) is 14.8 Å². The predicted molar refractivity (Wildman–Crippen MR) is 73.8 cm³/mol. The molecule has 2 unspecified atom stereocenters. The van der Waals surface area contributed by atoms with E-state index in [1.807, 2.05) is 7.05 Å². The van der Waals surface area contributed by atoms with Gasteiger partial charge in [-0.2, -0.15) is 4.31 Å². The highest BCUT2D eigenvalue weighted by atomic mass is 32.2. The number of hydrogen-bond acceptors (Lipinski definition) is 5. The molecule has 0 N–H and O–H groups in total. The molecule has 2 fully saturated rings. The molecule has 6 nitrogen and oxygen atoms in total. The number of nitrogens with zero attached hydrogens (tertiary/aromatic N) is 3. The molecule has 2 aliphatic rings. The molecule has 0 aliphatic carbocycles. The monoisotopic (exact) mass is 297 g/mol. The molecule has 3 rings (SSSR count). The molecule has 3 heterocycles. The van der Waals surface area contributed by atoms with Gasteiger partial charge in [-0.25, -0.2) is 13.4 Å². The number of fused-ring (bicyclic) bond motifs is 1. The second-order valence-corrected chi connectivity index (χ2v) is 7.15. The van der Waals surface area contributed by atoms with Crippen LogP contribution in [0.15, 0.2) is 29.4 Å². The number of sulfonamides is 1. The SMILES string of the molecule is CN1CCC2OCCN(S(=O)(=O)c3ccccn3)C2C1. The second-order valence-electron chi connectivity index (χ2n) is 5.31. The van der Waals surface area contributed by atoms with Crippen LogP contribution in [0, 0.1) is 0 Å². The lowest BCUT2D eigenvalue weighted by Gasteiger charge is -2.45. The van der Waals surface area contributed by atoms with Crippen molar-refractivity contribution < 1.29 is 13.2 Å². The molecule has 110 valence electrons. The van der Waals surface area contributed by atoms with Crippen molar-refractivity contribution in [2.24, 2.45) is 0 Å². The van der Waals surface area contributed by atoms with Crippen LogP contribution in [0.4, 0.5) is 0 Å². The van der Waals surface area contributed by atoms with Gasteiger partial charge in [-0.3, -0.25) is 0 Å². The maximum Gasteiger partial charge on any atom is 0.260 e. The Morgan fingerprint density at radius 2 is 2.20 bits per heavy atom. The number of ether oxygens (including phenoxy) is 1. The Morgan fingerprint density at radius 1 is 1.35 bits per heavy atom. The summed E-state index contributed by atoms with van der Waals surface area (Å²) in [7, 11) is -1.53. The number of likely N-dealkylation sites (tertiary alicyclic amines) is 1. The molecular formula is C13H19N3O3S. The minimum absolute atomic E-state index is 0.00145. The molecule has 0 amide bonds. The van der Waals surface area contributed by atoms with Gasteiger partial charge in [-0.1, -0.05) is 6.07 Å². The lowest BCUT2D eigenvalue weighted by molar-refractivity contribution is -0.0720. The first-order chi connectivity index (χ1) is 9.59. The van der Waals surface area contributed by atoms with Crippen LogP contribution in [0.5, 0.6) is 0 Å². The number of rotatable bonds is 2. The summed E-state index contributed by atoms with van der Waals surface area (Å²) in [4.78, 5) is 6.15. The topological polar surface area (TPSA) is 62.7 Å². The van der Waals surface area contributed by atoms with Crippen molar-refractivity contribution in [3.8, 4) is 0 Å². The van der Waals surface area contributed by atoms with Crippen molar-refractivity contribution in [2.75, 3.05) is 33.3 Å². The maximum absolute atomic E-state index is 12.7. The van der Waals surface area contributed by atoms with E-state index < -0.39 is 10.0 Å². The van der Waals surface area contributed by atoms with Gasteiger partial charge in [0.25, 0.3) is 10.0 Å². The molecule has 0 bridgehead atoms. The van der Waals surface area contributed by atoms with E-state index in [0.29, 0.717) is 19.7 Å². The quantitative estimate of drug-likeness (QED) is 0.779. The van der Waals surface area contributed by atoms with Gasteiger partial charge in [-0.05, 0) is 25.6 Å². The van der Waals surface area contributed by atoms with Crippen molar-refractivity contribution in [2.45, 2.75) is 23.6 Å². The summed E-state index contributed by atoms with van der Waals surface area (Å²) in [5, 5.41) is 0.119. The molecule has 1 aromatic rings. The van der Waals surface area contributed by atoms with Crippen molar-refractivity contribution in [3.63, 3.8) is 0 Å². The predicted octanol–water partition coefficient (Wildman–Crippen LogP) is 0.175. The normalized spacial score (nSPS) is 29.1. The first-order valence-electron chi connectivity index (χ1n) is 6.82. The summed E-state index contributed by atoms with van der Waals surface area (Å²) in [6.07, 6.45) is 2.38. The molecule has 7 heteroatoms. The zero-order chi connectivity index (χ0) is 14.2. The van der Waals surface area contributed by atoms with Crippen molar-refractivity contribution in [1.29, 1.82) is 0 Å². The Labute approximate surface area is 119 Å². The molecule has 2 atom stereocenters. The first-order valence-corrected chi connectivity index (χ1v) is 8.26. The van der Waals surface area contributed by atoms with Gasteiger partial charge in [0, 0.05) is 25.8 Å². The van der Waals surface area contributed by atoms with Crippen LogP contribution in [0.2, 0.25) is 0 Å². The summed E-state index contributed by atoms with van der Waals surface area (Å²) in [5.41, 5.74) is 0. The van der Waals surface area contributed by atoms with Crippen molar-refractivity contribution >= 4 is 10.0 Å². The van der Waals surface area contributed by atoms with Crippen molar-refractivity contribution in [3.05, 3.63) is 24.4 Å². The molecule has 20 heavy (non-hydrogen) atoms. The smallest absolute Gasteiger partial charge is 0.260 e. The highest BCUT2D eigenvalue weighted by Gasteiger charge is 2.42. The molecular weight excluding hydrogens is 278 g/mol. The first kappa shape index (κ1) is 13.9. The number of likely N-dealkylation sites (N-methyl/N-ethyl adjacent to an activating group) is 1. The third-order valence-corrected chi connectivity index (χ3v) is 5.79. The van der Waals surface area contributed by atoms with E-state index in [-0.39, 0.29) is 17.2 Å². The number of morpholine rings is 1. The number of pyridine rings is 1. The molecule has 2 saturated heterocycles. The van der Waals surface area contributed by atoms with Crippen LogP contribution < -0.4 is 0 Å². The molecule has 0 saturated carbocycles. The van der Waals surface area contributed by atoms with Crippen molar-refractivity contribution in [1.82, 2.24) is 14.2 Å². The Balaban J connectivity index is 1.91. The van der Waals surface area contributed by atoms with Crippen LogP contribution in [-0.4, -0.2) is 68.0 Å². The summed E-state index contributed by atoms with van der Waals surface area (Å²) >= 11 is 0. The average Bonchev–Trinajstić information content (AvgIpc) is 2.47. The van der Waals surface area contributed by atoms with Crippen LogP contribution in [0.25, 0.3) is 0 Å². The highest BCUT2D eigenvalue weighted by molar-refractivity contribution is 7.89. The molecule has 0 radical (unpaired) electrons. The van der Waals surface area contributed by atoms with Gasteiger partial charge >= 0.3 is 0 Å². The van der Waals surface area contributed by atoms with E-state index in [9.17, 15) is 8.42 Å². The van der Waals surface area contributed by atoms with E-state index >= 15 is 0 Å². The molecule has 1 aromatic heterocycles. The lowest BCUT2D eigenvalue weighted by Crippen LogP contribution is -2.60. The number of aromatic nitrogens is 1. The Bertz CT molecular complexity index is 563. The van der Waals surface area contributed by atoms with E-state index in [0.717, 1.165) is 13.0 Å². The molecule has 2 aliphatic heterocycles. The maximum atomic E-state index is 12.7. The van der Waals surface area contributed by atoms with Gasteiger partial charge in [0.15, 0.2) is 5.03 Å². The zero-order valence-corrected chi connectivity index (χ0v) is 12.3. The van der Waals surface area contributed by atoms with E-state index in [1.54, 1.807) is 22.5 Å². The van der Waals surface area contributed by atoms with Crippen LogP contribution in [0.1, 0.15) is 6.42 Å². The van der Waals surface area contributed by atoms with Gasteiger partial charge in [0.1, 0.15) is 0 Å². The van der Waals surface area contributed by atoms with Crippen LogP contribution >= 0.6 is 0 Å². The standard InChI is InChI=1S/C13H19N3O3S/c1-15-7-5-12-11(10-15)16(8-9-19-12)20(17,18)13-4-2-3-6-14-13/h2-4,6,11-12H,5,7-10H2,1H3. The van der Waals surface area contributed by atoms with Crippen LogP contribution in [0.3, 0.4) is 0 Å². The fraction of sp³-hybridized carbons (Fsp3) is 0.615. The summed E-state index contributed by atoms with van der Waals surface area (Å²) < 4.78 is 32.8. The highest BCUT2D eigenvalue weighted by Crippen LogP contribution is 2.27. The van der Waals surface area contributed by atoms with Gasteiger partial charge in [0.2, 0.25) is 0 Å². The molecule has 0 spiro atoms. The molecule has 0 aromatic carbocycles. The third-order valence-electron chi connectivity index (χ3n) is 3.95. The number of hydrogen-bond donors (Lipinski definition) is 0. The Hall–Kier alpha value is -1.02. The van der Waals surface area contributed by atoms with E-state index in [4.69, 9.17) is 4.74 Å². The van der Waals surface area contributed by atoms with Gasteiger partial charge in [-0.15, -0.1) is 0 Å². The van der Waals surface area contributed by atoms with E-state index in [2.05, 4.69) is 9.88 Å². The second kappa shape index (κ2) is 5.40. The minimum Gasteiger partial charge on any atom is -0.375 e. The fourth-order valence-electron chi connectivity index (χ4n) is 2.92. The lowest BCUT2D eigenvalue weighted by atomic mass is 10.0. The summed E-state index contributed by atoms with van der Waals surface area (Å²) in [5.74, 6) is 0. The van der Waals surface area contributed by atoms with Gasteiger partial charge in [0.05, 0.1) is 18.8 Å². The Kier molecular flexibility index (Phi) is 3.76. The fourth-order valence-corrected chi connectivity index (χ4v) is 4.48. The minimum atomic E-state index is -3.54. The number of piperidine rings is 1. The largest absolute Gasteiger partial charge is 0.375 e. The average molecular weight is 297 g/mol. The zero-order valence-electron chi connectivity index (χ0n) is 11.5. The third kappa shape index (κ3) is 2.46. The van der Waals surface area contributed by atoms with Gasteiger partial charge < -0.3 is 9.64 Å². The summed E-state index contributed by atoms with van der Waals surface area (Å²) in [6.45, 7) is 2.50. The van der Waals surface area contributed by atoms with E-state index in [1.165, 1.54) is 6.20 Å².